The maximum atomic E-state index is 13.0. The molecule has 1 aromatic carbocycles. The van der Waals surface area contributed by atoms with Crippen molar-refractivity contribution in [3.05, 3.63) is 35.9 Å². The van der Waals surface area contributed by atoms with E-state index in [9.17, 15) is 38.4 Å². The van der Waals surface area contributed by atoms with Crippen molar-refractivity contribution in [2.24, 2.45) is 22.7 Å². The van der Waals surface area contributed by atoms with Crippen molar-refractivity contribution in [2.75, 3.05) is 39.5 Å². The van der Waals surface area contributed by atoms with Gasteiger partial charge in [0, 0.05) is 31.7 Å². The number of nitrogens with one attached hydrogen (secondary N) is 5. The molecule has 0 aliphatic heterocycles. The van der Waals surface area contributed by atoms with E-state index in [4.69, 9.17) is 4.74 Å². The lowest BCUT2D eigenvalue weighted by Gasteiger charge is -2.28. The van der Waals surface area contributed by atoms with Crippen LogP contribution in [0, 0.1) is 22.7 Å². The molecule has 1 fully saturated rings. The fraction of sp³-hybridized carbons (Fsp3) is 0.641. The fourth-order valence-electron chi connectivity index (χ4n) is 5.44. The van der Waals surface area contributed by atoms with Gasteiger partial charge in [-0.2, -0.15) is 0 Å². The molecule has 1 aromatic rings. The summed E-state index contributed by atoms with van der Waals surface area (Å²) in [5.74, 6) is -2.79. The standard InChI is InChI=1S/C39H60N6O9/c1-27(2)36(52)39(16-17-39)24-54-25-43-33(49)22-42-37(53)30(20-29-13-9-7-10-14-29)44-34(50)23-41-32(48)21-40-31(47)15-11-8-12-18-45(26-46)35(51)19-28(3)38(4,5)6/h7,9-10,13-14,26-28,30H,8,11-12,15-25H2,1-6H3,(H,40,47)(H,41,48)(H,42,53)(H,43,49)(H,44,50)/t28?,30-/m0/s1. The Balaban J connectivity index is 1.70. The van der Waals surface area contributed by atoms with Crippen LogP contribution in [0.25, 0.3) is 0 Å². The first-order valence-corrected chi connectivity index (χ1v) is 18.8. The molecule has 0 heterocycles. The van der Waals surface area contributed by atoms with Crippen LogP contribution in [0.5, 0.6) is 0 Å². The van der Waals surface area contributed by atoms with Gasteiger partial charge in [-0.15, -0.1) is 0 Å². The van der Waals surface area contributed by atoms with Crippen molar-refractivity contribution in [3.8, 4) is 0 Å². The van der Waals surface area contributed by atoms with Crippen LogP contribution in [0.2, 0.25) is 0 Å². The Labute approximate surface area is 318 Å². The third-order valence-corrected chi connectivity index (χ3v) is 9.61. The summed E-state index contributed by atoms with van der Waals surface area (Å²) in [6.07, 6.45) is 4.26. The number of carbonyl (C=O) groups excluding carboxylic acids is 8. The quantitative estimate of drug-likeness (QED) is 0.0559. The molecule has 7 amide bonds. The first-order chi connectivity index (χ1) is 25.5. The smallest absolute Gasteiger partial charge is 0.243 e. The summed E-state index contributed by atoms with van der Waals surface area (Å²) in [5, 5.41) is 12.6. The minimum Gasteiger partial charge on any atom is -0.360 e. The fourth-order valence-corrected chi connectivity index (χ4v) is 5.44. The Morgan fingerprint density at radius 3 is 2.04 bits per heavy atom. The molecule has 0 spiro atoms. The van der Waals surface area contributed by atoms with Gasteiger partial charge in [-0.1, -0.05) is 78.3 Å². The number of hydrogen-bond donors (Lipinski definition) is 5. The molecule has 15 nitrogen and oxygen atoms in total. The minimum atomic E-state index is -1.05. The molecule has 2 atom stereocenters. The second-order valence-electron chi connectivity index (χ2n) is 15.4. The highest BCUT2D eigenvalue weighted by molar-refractivity contribution is 5.93. The molecular weight excluding hydrogens is 696 g/mol. The van der Waals surface area contributed by atoms with E-state index in [-0.39, 0.29) is 87.1 Å². The van der Waals surface area contributed by atoms with E-state index in [0.717, 1.165) is 18.4 Å². The van der Waals surface area contributed by atoms with Crippen LogP contribution < -0.4 is 26.6 Å². The van der Waals surface area contributed by atoms with Crippen LogP contribution in [0.1, 0.15) is 92.1 Å². The van der Waals surface area contributed by atoms with Crippen molar-refractivity contribution in [2.45, 2.75) is 99.0 Å². The number of hydrogen-bond acceptors (Lipinski definition) is 9. The van der Waals surface area contributed by atoms with E-state index in [1.54, 1.807) is 24.3 Å². The zero-order chi connectivity index (χ0) is 40.3. The highest BCUT2D eigenvalue weighted by Crippen LogP contribution is 2.48. The number of unbranched alkanes of at least 4 members (excludes halogenated alkanes) is 2. The molecule has 1 saturated carbocycles. The summed E-state index contributed by atoms with van der Waals surface area (Å²) < 4.78 is 5.52. The lowest BCUT2D eigenvalue weighted by Crippen LogP contribution is -2.52. The van der Waals surface area contributed by atoms with Crippen LogP contribution in [-0.2, 0) is 49.5 Å². The number of ketones is 1. The Hall–Kier alpha value is -4.66. The Morgan fingerprint density at radius 1 is 0.815 bits per heavy atom. The number of nitrogens with zero attached hydrogens (tertiary/aromatic N) is 1. The van der Waals surface area contributed by atoms with Gasteiger partial charge in [-0.05, 0) is 42.6 Å². The Kier molecular flexibility index (Phi) is 19.0. The summed E-state index contributed by atoms with van der Waals surface area (Å²) in [6, 6.07) is 7.90. The molecule has 1 aliphatic rings. The number of carbonyl (C=O) groups is 8. The predicted molar refractivity (Wildman–Crippen MR) is 201 cm³/mol. The number of amides is 7. The van der Waals surface area contributed by atoms with E-state index >= 15 is 0 Å². The van der Waals surface area contributed by atoms with Crippen molar-refractivity contribution >= 4 is 47.6 Å². The second kappa shape index (κ2) is 22.5. The van der Waals surface area contributed by atoms with E-state index < -0.39 is 41.6 Å². The normalized spacial score (nSPS) is 14.2. The van der Waals surface area contributed by atoms with Crippen LogP contribution in [-0.4, -0.2) is 98.1 Å². The lowest BCUT2D eigenvalue weighted by atomic mass is 9.80. The third kappa shape index (κ3) is 17.0. The molecule has 0 radical (unpaired) electrons. The molecule has 0 bridgehead atoms. The monoisotopic (exact) mass is 756 g/mol. The zero-order valence-corrected chi connectivity index (χ0v) is 32.7. The van der Waals surface area contributed by atoms with Gasteiger partial charge in [0.05, 0.1) is 31.7 Å². The van der Waals surface area contributed by atoms with Gasteiger partial charge < -0.3 is 31.3 Å². The van der Waals surface area contributed by atoms with E-state index in [0.29, 0.717) is 25.7 Å². The Bertz CT molecular complexity index is 1440. The van der Waals surface area contributed by atoms with Crippen LogP contribution in [0.15, 0.2) is 30.3 Å². The molecule has 2 rings (SSSR count). The number of ether oxygens (including phenoxy) is 1. The zero-order valence-electron chi connectivity index (χ0n) is 32.7. The van der Waals surface area contributed by atoms with Gasteiger partial charge in [-0.25, -0.2) is 0 Å². The maximum Gasteiger partial charge on any atom is 0.243 e. The van der Waals surface area contributed by atoms with Gasteiger partial charge >= 0.3 is 0 Å². The van der Waals surface area contributed by atoms with Crippen LogP contribution >= 0.6 is 0 Å². The van der Waals surface area contributed by atoms with Gasteiger partial charge in [0.25, 0.3) is 0 Å². The summed E-state index contributed by atoms with van der Waals surface area (Å²) in [4.78, 5) is 100. The van der Waals surface area contributed by atoms with E-state index in [2.05, 4.69) is 26.6 Å². The van der Waals surface area contributed by atoms with Crippen LogP contribution in [0.4, 0.5) is 0 Å². The predicted octanol–water partition coefficient (Wildman–Crippen LogP) is 1.78. The molecule has 1 aliphatic carbocycles. The molecule has 5 N–H and O–H groups in total. The molecular formula is C39H60N6O9. The number of benzene rings is 1. The summed E-state index contributed by atoms with van der Waals surface area (Å²) in [7, 11) is 0. The van der Waals surface area contributed by atoms with Gasteiger partial charge in [0.2, 0.25) is 41.9 Å². The highest BCUT2D eigenvalue weighted by Gasteiger charge is 2.50. The summed E-state index contributed by atoms with van der Waals surface area (Å²) in [6.45, 7) is 11.0. The SMILES string of the molecule is CC(C)C(=O)C1(COCNC(=O)CNC(=O)[C@H](Cc2ccccc2)NC(=O)CNC(=O)CNC(=O)CCCCCN(C=O)C(=O)CC(C)C(C)(C)C)CC1. The number of Topliss-reactive ketones (excluding diaryl/α,β-unsaturated/α-hetero) is 1. The topological polar surface area (TPSA) is 209 Å². The van der Waals surface area contributed by atoms with Gasteiger partial charge in [-0.3, -0.25) is 43.3 Å². The van der Waals surface area contributed by atoms with Gasteiger partial charge in [0.15, 0.2) is 0 Å². The maximum absolute atomic E-state index is 13.0. The van der Waals surface area contributed by atoms with Crippen LogP contribution in [0.3, 0.4) is 0 Å². The highest BCUT2D eigenvalue weighted by atomic mass is 16.5. The number of rotatable bonds is 25. The lowest BCUT2D eigenvalue weighted by molar-refractivity contribution is -0.139. The van der Waals surface area contributed by atoms with Crippen molar-refractivity contribution in [3.63, 3.8) is 0 Å². The average Bonchev–Trinajstić information content (AvgIpc) is 3.92. The van der Waals surface area contributed by atoms with E-state index in [1.807, 2.05) is 47.6 Å². The first kappa shape index (κ1) is 45.5. The van der Waals surface area contributed by atoms with Crippen molar-refractivity contribution in [1.82, 2.24) is 31.5 Å². The number of imide groups is 1. The molecule has 1 unspecified atom stereocenters. The molecule has 0 saturated heterocycles. The average molecular weight is 757 g/mol. The van der Waals surface area contributed by atoms with E-state index in [1.165, 1.54) is 4.90 Å². The van der Waals surface area contributed by atoms with Crippen molar-refractivity contribution in [1.29, 1.82) is 0 Å². The molecule has 54 heavy (non-hydrogen) atoms. The minimum absolute atomic E-state index is 0.0536. The molecule has 0 aromatic heterocycles. The largest absolute Gasteiger partial charge is 0.360 e. The summed E-state index contributed by atoms with van der Waals surface area (Å²) >= 11 is 0. The van der Waals surface area contributed by atoms with Gasteiger partial charge in [0.1, 0.15) is 18.6 Å². The van der Waals surface area contributed by atoms with Crippen molar-refractivity contribution < 1.29 is 43.1 Å². The third-order valence-electron chi connectivity index (χ3n) is 9.61. The first-order valence-electron chi connectivity index (χ1n) is 18.8. The molecule has 300 valence electrons. The molecule has 15 heteroatoms. The second-order valence-corrected chi connectivity index (χ2v) is 15.4. The Morgan fingerprint density at radius 2 is 1.43 bits per heavy atom. The summed E-state index contributed by atoms with van der Waals surface area (Å²) in [5.41, 5.74) is 0.233.